The molecule has 0 radical (unpaired) electrons. The van der Waals surface area contributed by atoms with Crippen LogP contribution in [0.2, 0.25) is 0 Å². The van der Waals surface area contributed by atoms with Crippen LogP contribution >= 0.6 is 0 Å². The van der Waals surface area contributed by atoms with E-state index >= 15 is 0 Å². The van der Waals surface area contributed by atoms with Gasteiger partial charge in [-0.1, -0.05) is 4.39 Å². The van der Waals surface area contributed by atoms with Crippen LogP contribution in [0, 0.1) is 20.2 Å². The highest BCUT2D eigenvalue weighted by atomic mass is 19.4. The van der Waals surface area contributed by atoms with Gasteiger partial charge in [-0.3, -0.25) is 20.2 Å². The molecule has 0 heterocycles. The number of nitro groups is 2. The second-order valence-electron chi connectivity index (χ2n) is 2.85. The molecule has 9 nitrogen and oxygen atoms in total. The van der Waals surface area contributed by atoms with E-state index in [9.17, 15) is 42.6 Å². The van der Waals surface area contributed by atoms with Crippen molar-refractivity contribution in [2.24, 2.45) is 0 Å². The fourth-order valence-electron chi connectivity index (χ4n) is 0.798. The third-order valence-corrected chi connectivity index (χ3v) is 1.61. The van der Waals surface area contributed by atoms with Crippen LogP contribution in [0.3, 0.4) is 0 Å². The molecule has 0 aromatic heterocycles. The number of carbonyl (C=O) groups is 1. The van der Waals surface area contributed by atoms with Gasteiger partial charge in [0, 0.05) is 0 Å². The fourth-order valence-corrected chi connectivity index (χ4v) is 0.798. The fraction of sp³-hybridized carbons (Fsp3) is 0.800. The highest BCUT2D eigenvalue weighted by molar-refractivity contribution is 5.57. The molecule has 0 amide bonds. The van der Waals surface area contributed by atoms with Crippen molar-refractivity contribution < 1.29 is 42.0 Å². The predicted molar refractivity (Wildman–Crippen MR) is 41.4 cm³/mol. The number of hydrogen-bond acceptors (Lipinski definition) is 6. The van der Waals surface area contributed by atoms with Gasteiger partial charge in [-0.15, -0.1) is 0 Å². The van der Waals surface area contributed by atoms with Crippen LogP contribution in [-0.4, -0.2) is 39.3 Å². The second-order valence-corrected chi connectivity index (χ2v) is 2.85. The van der Waals surface area contributed by atoms with Crippen molar-refractivity contribution in [2.45, 2.75) is 24.6 Å². The molecule has 0 aromatic carbocycles. The number of carboxylic acid groups (broad SMARTS) is 1. The molecule has 0 aliphatic heterocycles. The first kappa shape index (κ1) is 15.8. The molecule has 0 saturated carbocycles. The van der Waals surface area contributed by atoms with Crippen LogP contribution < -0.4 is 0 Å². The third kappa shape index (κ3) is 3.67. The molecule has 13 heteroatoms. The lowest BCUT2D eigenvalue weighted by Crippen LogP contribution is -2.48. The molecule has 0 aliphatic rings. The van der Waals surface area contributed by atoms with Gasteiger partial charge in [0.05, 0.1) is 0 Å². The van der Waals surface area contributed by atoms with Gasteiger partial charge in [0.25, 0.3) is 0 Å². The lowest BCUT2D eigenvalue weighted by atomic mass is 10.2. The van der Waals surface area contributed by atoms with Crippen molar-refractivity contribution in [2.75, 3.05) is 0 Å². The van der Waals surface area contributed by atoms with E-state index in [1.54, 1.807) is 0 Å². The van der Waals surface area contributed by atoms with Crippen LogP contribution in [-0.2, 0) is 4.74 Å². The topological polar surface area (TPSA) is 133 Å². The average Bonchev–Trinajstić information content (AvgIpc) is 2.13. The van der Waals surface area contributed by atoms with Gasteiger partial charge in [0.15, 0.2) is 6.42 Å². The van der Waals surface area contributed by atoms with Crippen molar-refractivity contribution in [3.8, 4) is 0 Å². The summed E-state index contributed by atoms with van der Waals surface area (Å²) in [6.45, 7) is 0. The number of nitrogens with zero attached hydrogens (tertiary/aromatic N) is 2. The molecule has 0 aliphatic carbocycles. The van der Waals surface area contributed by atoms with E-state index in [1.807, 2.05) is 0 Å². The standard InChI is InChI=1S/C5H4F4N2O7/c6-4(10(14)15,11(16)17)1-2(5(7,8)9)18-3(12)13/h2H,1H2,(H,12,13). The van der Waals surface area contributed by atoms with Gasteiger partial charge in [-0.25, -0.2) is 4.79 Å². The van der Waals surface area contributed by atoms with Crippen LogP contribution in [0.5, 0.6) is 0 Å². The molecular formula is C5H4F4N2O7. The number of hydrogen-bond donors (Lipinski definition) is 1. The summed E-state index contributed by atoms with van der Waals surface area (Å²) in [6.07, 6.45) is -14.0. The quantitative estimate of drug-likeness (QED) is 0.199. The average molecular weight is 280 g/mol. The zero-order valence-corrected chi connectivity index (χ0v) is 8.09. The SMILES string of the molecule is O=C(O)OC(CC(F)([N+](=O)[O-])[N+](=O)[O-])C(F)(F)F. The maximum Gasteiger partial charge on any atom is 0.617 e. The molecule has 1 unspecified atom stereocenters. The summed E-state index contributed by atoms with van der Waals surface area (Å²) in [5.41, 5.74) is 0. The van der Waals surface area contributed by atoms with E-state index in [2.05, 4.69) is 4.74 Å². The Kier molecular flexibility index (Phi) is 4.36. The summed E-state index contributed by atoms with van der Waals surface area (Å²) in [4.78, 5) is 25.5. The lowest BCUT2D eigenvalue weighted by Gasteiger charge is -2.19. The van der Waals surface area contributed by atoms with Crippen molar-refractivity contribution in [1.29, 1.82) is 0 Å². The van der Waals surface area contributed by atoms with Gasteiger partial charge in [0.2, 0.25) is 6.10 Å². The van der Waals surface area contributed by atoms with E-state index < -0.39 is 40.6 Å². The van der Waals surface area contributed by atoms with Gasteiger partial charge in [-0.2, -0.15) is 13.2 Å². The summed E-state index contributed by atoms with van der Waals surface area (Å²) in [5.74, 6) is -4.70. The molecule has 0 rings (SSSR count). The van der Waals surface area contributed by atoms with Gasteiger partial charge < -0.3 is 9.84 Å². The minimum atomic E-state index is -5.53. The summed E-state index contributed by atoms with van der Waals surface area (Å²) in [6, 6.07) is 0. The maximum absolute atomic E-state index is 13.1. The van der Waals surface area contributed by atoms with Gasteiger partial charge in [0.1, 0.15) is 9.85 Å². The Morgan fingerprint density at radius 3 is 1.83 bits per heavy atom. The van der Waals surface area contributed by atoms with Crippen LogP contribution in [0.15, 0.2) is 0 Å². The number of halogens is 4. The number of ether oxygens (including phenoxy) is 1. The molecule has 104 valence electrons. The minimum Gasteiger partial charge on any atom is -0.450 e. The third-order valence-electron chi connectivity index (χ3n) is 1.61. The van der Waals surface area contributed by atoms with Crippen molar-refractivity contribution in [3.05, 3.63) is 20.2 Å². The highest BCUT2D eigenvalue weighted by Gasteiger charge is 2.64. The van der Waals surface area contributed by atoms with E-state index in [0.717, 1.165) is 0 Å². The molecule has 1 atom stereocenters. The largest absolute Gasteiger partial charge is 0.617 e. The Hall–Kier alpha value is -2.21. The Labute approximate surface area is 94.2 Å². The summed E-state index contributed by atoms with van der Waals surface area (Å²) < 4.78 is 52.7. The van der Waals surface area contributed by atoms with E-state index in [1.165, 1.54) is 0 Å². The molecule has 1 N–H and O–H groups in total. The number of alkyl halides is 4. The van der Waals surface area contributed by atoms with Crippen LogP contribution in [0.4, 0.5) is 22.4 Å². The van der Waals surface area contributed by atoms with Crippen LogP contribution in [0.25, 0.3) is 0 Å². The Morgan fingerprint density at radius 2 is 1.61 bits per heavy atom. The molecule has 0 spiro atoms. The van der Waals surface area contributed by atoms with E-state index in [4.69, 9.17) is 5.11 Å². The van der Waals surface area contributed by atoms with Crippen molar-refractivity contribution in [3.63, 3.8) is 0 Å². The predicted octanol–water partition coefficient (Wildman–Crippen LogP) is 1.18. The first-order valence-electron chi connectivity index (χ1n) is 3.85. The first-order chi connectivity index (χ1) is 7.91. The molecule has 0 bridgehead atoms. The summed E-state index contributed by atoms with van der Waals surface area (Å²) in [7, 11) is 0. The maximum atomic E-state index is 13.1. The Bertz CT molecular complexity index is 355. The zero-order chi connectivity index (χ0) is 14.7. The lowest BCUT2D eigenvalue weighted by molar-refractivity contribution is -0.833. The van der Waals surface area contributed by atoms with Gasteiger partial charge in [-0.05, 0) is 0 Å². The van der Waals surface area contributed by atoms with E-state index in [-0.39, 0.29) is 0 Å². The van der Waals surface area contributed by atoms with Gasteiger partial charge >= 0.3 is 18.2 Å². The second kappa shape index (κ2) is 4.97. The Balaban J connectivity index is 5.24. The van der Waals surface area contributed by atoms with Crippen molar-refractivity contribution >= 4 is 6.16 Å². The molecule has 0 fully saturated rings. The molecule has 0 saturated heterocycles. The monoisotopic (exact) mass is 280 g/mol. The normalized spacial score (nSPS) is 13.8. The number of rotatable bonds is 5. The minimum absolute atomic E-state index is 2.21. The smallest absolute Gasteiger partial charge is 0.450 e. The molecule has 0 aromatic rings. The summed E-state index contributed by atoms with van der Waals surface area (Å²) in [5, 5.41) is 28.0. The van der Waals surface area contributed by atoms with Crippen LogP contribution in [0.1, 0.15) is 6.42 Å². The first-order valence-corrected chi connectivity index (χ1v) is 3.85. The summed E-state index contributed by atoms with van der Waals surface area (Å²) >= 11 is 0. The zero-order valence-electron chi connectivity index (χ0n) is 8.09. The Morgan fingerprint density at radius 1 is 1.22 bits per heavy atom. The molecular weight excluding hydrogens is 276 g/mol. The molecule has 18 heavy (non-hydrogen) atoms. The van der Waals surface area contributed by atoms with E-state index in [0.29, 0.717) is 0 Å². The van der Waals surface area contributed by atoms with Crippen molar-refractivity contribution in [1.82, 2.24) is 0 Å². The highest BCUT2D eigenvalue weighted by Crippen LogP contribution is 2.31.